The van der Waals surface area contributed by atoms with Gasteiger partial charge < -0.3 is 15.0 Å². The maximum atomic E-state index is 12.6. The monoisotopic (exact) mass is 416 g/mol. The van der Waals surface area contributed by atoms with E-state index in [1.165, 1.54) is 18.7 Å². The maximum Gasteiger partial charge on any atom is 0.257 e. The number of amides is 1. The molecule has 1 saturated carbocycles. The van der Waals surface area contributed by atoms with E-state index in [2.05, 4.69) is 15.3 Å². The van der Waals surface area contributed by atoms with E-state index in [1.807, 2.05) is 17.7 Å². The molecule has 2 N–H and O–H groups in total. The Morgan fingerprint density at radius 1 is 1.39 bits per heavy atom. The Hall–Kier alpha value is -2.23. The van der Waals surface area contributed by atoms with E-state index in [4.69, 9.17) is 0 Å². The van der Waals surface area contributed by atoms with E-state index in [-0.39, 0.29) is 17.6 Å². The van der Waals surface area contributed by atoms with Crippen LogP contribution in [0, 0.1) is 0 Å². The number of nitrogens with one attached hydrogen (secondary N) is 1. The highest BCUT2D eigenvalue weighted by molar-refractivity contribution is 7.99. The summed E-state index contributed by atoms with van der Waals surface area (Å²) in [5.41, 5.74) is 0.112. The standard InChI is InChI=1S/C19H20N4O3S2/c1-19(26,17(25)21-11-3-4-11)16-6-5-15(28-16)14(24)10-27-18-22-12-7-8-20-9-13(12)23(18)2/h5-9,11,26H,3-4,10H2,1-2H3,(H,21,25)/t19-/m1/s1. The molecular weight excluding hydrogens is 396 g/mol. The first-order valence-corrected chi connectivity index (χ1v) is 10.7. The van der Waals surface area contributed by atoms with Gasteiger partial charge in [0, 0.05) is 24.2 Å². The van der Waals surface area contributed by atoms with Crippen molar-refractivity contribution in [3.05, 3.63) is 40.3 Å². The molecule has 7 nitrogen and oxygen atoms in total. The summed E-state index contributed by atoms with van der Waals surface area (Å²) >= 11 is 2.51. The summed E-state index contributed by atoms with van der Waals surface area (Å²) in [6.45, 7) is 1.47. The smallest absolute Gasteiger partial charge is 0.257 e. The predicted molar refractivity (Wildman–Crippen MR) is 109 cm³/mol. The Morgan fingerprint density at radius 3 is 2.89 bits per heavy atom. The Balaban J connectivity index is 1.43. The molecule has 0 aromatic carbocycles. The lowest BCUT2D eigenvalue weighted by molar-refractivity contribution is -0.138. The summed E-state index contributed by atoms with van der Waals surface area (Å²) in [5, 5.41) is 14.2. The molecule has 28 heavy (non-hydrogen) atoms. The number of nitrogens with zero attached hydrogens (tertiary/aromatic N) is 3. The summed E-state index contributed by atoms with van der Waals surface area (Å²) in [5.74, 6) is -0.260. The van der Waals surface area contributed by atoms with Gasteiger partial charge in [0.25, 0.3) is 5.91 Å². The van der Waals surface area contributed by atoms with Gasteiger partial charge in [0.15, 0.2) is 16.5 Å². The highest BCUT2D eigenvalue weighted by Crippen LogP contribution is 2.31. The van der Waals surface area contributed by atoms with E-state index in [1.54, 1.807) is 24.5 Å². The third kappa shape index (κ3) is 3.69. The number of fused-ring (bicyclic) bond motifs is 1. The Labute approximate surface area is 170 Å². The molecule has 0 aliphatic heterocycles. The van der Waals surface area contributed by atoms with Crippen LogP contribution in [0.2, 0.25) is 0 Å². The molecule has 0 radical (unpaired) electrons. The maximum absolute atomic E-state index is 12.6. The minimum atomic E-state index is -1.64. The zero-order valence-electron chi connectivity index (χ0n) is 15.5. The van der Waals surface area contributed by atoms with Crippen molar-refractivity contribution in [2.75, 3.05) is 5.75 Å². The first-order valence-electron chi connectivity index (χ1n) is 8.92. The highest BCUT2D eigenvalue weighted by atomic mass is 32.2. The van der Waals surface area contributed by atoms with E-state index in [9.17, 15) is 14.7 Å². The molecule has 0 saturated heterocycles. The van der Waals surface area contributed by atoms with Gasteiger partial charge in [-0.3, -0.25) is 14.6 Å². The zero-order chi connectivity index (χ0) is 19.9. The fourth-order valence-corrected chi connectivity index (χ4v) is 4.71. The van der Waals surface area contributed by atoms with Crippen LogP contribution in [0.4, 0.5) is 0 Å². The van der Waals surface area contributed by atoms with E-state index < -0.39 is 11.5 Å². The summed E-state index contributed by atoms with van der Waals surface area (Å²) in [6, 6.07) is 5.32. The number of thiophene rings is 1. The van der Waals surface area contributed by atoms with Crippen LogP contribution >= 0.6 is 23.1 Å². The third-order valence-corrected chi connectivity index (χ3v) is 7.06. The fourth-order valence-electron chi connectivity index (χ4n) is 2.76. The van der Waals surface area contributed by atoms with Gasteiger partial charge >= 0.3 is 0 Å². The minimum absolute atomic E-state index is 0.0650. The summed E-state index contributed by atoms with van der Waals surface area (Å²) in [4.78, 5) is 34.5. The molecule has 9 heteroatoms. The molecule has 1 aliphatic rings. The van der Waals surface area contributed by atoms with Crippen LogP contribution in [0.5, 0.6) is 0 Å². The number of rotatable bonds is 7. The number of hydrogen-bond donors (Lipinski definition) is 2. The van der Waals surface area contributed by atoms with Crippen LogP contribution in [-0.2, 0) is 17.4 Å². The second-order valence-corrected chi connectivity index (χ2v) is 9.04. The van der Waals surface area contributed by atoms with Crippen LogP contribution < -0.4 is 5.32 Å². The lowest BCUT2D eigenvalue weighted by Gasteiger charge is -2.20. The zero-order valence-corrected chi connectivity index (χ0v) is 17.1. The van der Waals surface area contributed by atoms with E-state index >= 15 is 0 Å². The molecule has 3 aromatic heterocycles. The molecule has 1 fully saturated rings. The van der Waals surface area contributed by atoms with Crippen molar-refractivity contribution in [3.8, 4) is 0 Å². The van der Waals surface area contributed by atoms with Gasteiger partial charge in [-0.2, -0.15) is 0 Å². The largest absolute Gasteiger partial charge is 0.375 e. The molecular formula is C19H20N4O3S2. The number of Topliss-reactive ketones (excluding diaryl/α,β-unsaturated/α-hetero) is 1. The van der Waals surface area contributed by atoms with Gasteiger partial charge in [-0.25, -0.2) is 4.98 Å². The molecule has 3 aromatic rings. The molecule has 146 valence electrons. The Kier molecular flexibility index (Phi) is 4.98. The number of carbonyl (C=O) groups is 2. The molecule has 1 amide bonds. The second kappa shape index (κ2) is 7.31. The molecule has 1 atom stereocenters. The number of pyridine rings is 1. The minimum Gasteiger partial charge on any atom is -0.375 e. The van der Waals surface area contributed by atoms with Crippen molar-refractivity contribution >= 4 is 45.8 Å². The quantitative estimate of drug-likeness (QED) is 0.454. The number of thioether (sulfide) groups is 1. The van der Waals surface area contributed by atoms with Crippen LogP contribution in [0.1, 0.15) is 34.3 Å². The number of ketones is 1. The first kappa shape index (κ1) is 19.1. The number of aromatic nitrogens is 3. The van der Waals surface area contributed by atoms with Crippen molar-refractivity contribution < 1.29 is 14.7 Å². The van der Waals surface area contributed by atoms with Gasteiger partial charge in [0.1, 0.15) is 0 Å². The number of aryl methyl sites for hydroxylation is 1. The highest BCUT2D eigenvalue weighted by Gasteiger charge is 2.37. The van der Waals surface area contributed by atoms with Gasteiger partial charge in [-0.05, 0) is 38.0 Å². The molecule has 0 spiro atoms. The van der Waals surface area contributed by atoms with Crippen LogP contribution in [0.25, 0.3) is 11.0 Å². The van der Waals surface area contributed by atoms with Crippen LogP contribution in [0.3, 0.4) is 0 Å². The predicted octanol–water partition coefficient (Wildman–Crippen LogP) is 2.49. The lowest BCUT2D eigenvalue weighted by atomic mass is 10.0. The Bertz CT molecular complexity index is 1050. The van der Waals surface area contributed by atoms with Gasteiger partial charge in [-0.1, -0.05) is 11.8 Å². The number of imidazole rings is 1. The number of aliphatic hydroxyl groups is 1. The third-order valence-electron chi connectivity index (χ3n) is 4.69. The summed E-state index contributed by atoms with van der Waals surface area (Å²) in [7, 11) is 1.89. The van der Waals surface area contributed by atoms with Crippen molar-refractivity contribution in [3.63, 3.8) is 0 Å². The molecule has 1 aliphatic carbocycles. The van der Waals surface area contributed by atoms with Gasteiger partial charge in [-0.15, -0.1) is 11.3 Å². The molecule has 0 unspecified atom stereocenters. The average molecular weight is 417 g/mol. The number of hydrogen-bond acceptors (Lipinski definition) is 7. The van der Waals surface area contributed by atoms with Crippen molar-refractivity contribution in [1.82, 2.24) is 19.9 Å². The van der Waals surface area contributed by atoms with Crippen molar-refractivity contribution in [2.24, 2.45) is 7.05 Å². The molecule has 3 heterocycles. The lowest BCUT2D eigenvalue weighted by Crippen LogP contribution is -2.42. The van der Waals surface area contributed by atoms with Gasteiger partial charge in [0.2, 0.25) is 0 Å². The van der Waals surface area contributed by atoms with Crippen LogP contribution in [-0.4, -0.2) is 43.1 Å². The van der Waals surface area contributed by atoms with Gasteiger partial charge in [0.05, 0.1) is 27.9 Å². The average Bonchev–Trinajstić information content (AvgIpc) is 3.24. The van der Waals surface area contributed by atoms with Crippen LogP contribution in [0.15, 0.2) is 35.7 Å². The van der Waals surface area contributed by atoms with E-state index in [0.29, 0.717) is 9.75 Å². The molecule has 4 rings (SSSR count). The topological polar surface area (TPSA) is 97.1 Å². The van der Waals surface area contributed by atoms with Crippen molar-refractivity contribution in [1.29, 1.82) is 0 Å². The number of carbonyl (C=O) groups excluding carboxylic acids is 2. The Morgan fingerprint density at radius 2 is 2.18 bits per heavy atom. The summed E-state index contributed by atoms with van der Waals surface area (Å²) < 4.78 is 1.91. The SMILES string of the molecule is Cn1c(SCC(=O)c2ccc([C@@](C)(O)C(=O)NC3CC3)s2)nc2ccncc21. The normalized spacial score (nSPS) is 16.1. The summed E-state index contributed by atoms with van der Waals surface area (Å²) in [6.07, 6.45) is 5.33. The van der Waals surface area contributed by atoms with Crippen molar-refractivity contribution in [2.45, 2.75) is 36.6 Å². The fraction of sp³-hybridized carbons (Fsp3) is 0.368. The first-order chi connectivity index (χ1) is 13.4. The molecule has 0 bridgehead atoms. The van der Waals surface area contributed by atoms with E-state index in [0.717, 1.165) is 40.4 Å². The second-order valence-electron chi connectivity index (χ2n) is 7.01.